The summed E-state index contributed by atoms with van der Waals surface area (Å²) in [7, 11) is 0. The number of para-hydroxylation sites is 1. The third kappa shape index (κ3) is 8.52. The molecule has 0 radical (unpaired) electrons. The summed E-state index contributed by atoms with van der Waals surface area (Å²) >= 11 is 0. The number of carboxylic acids is 1. The van der Waals surface area contributed by atoms with Crippen molar-refractivity contribution in [2.75, 3.05) is 5.32 Å². The Morgan fingerprint density at radius 2 is 1.49 bits per heavy atom. The summed E-state index contributed by atoms with van der Waals surface area (Å²) in [5.74, 6) is -2.92. The SMILES string of the molecule is CC(C)c1c(C(=O)Nc2ccccc2F)c(-c2ccccc2)c(-c2ccc(F)cc2)n1CC[C@@H](O)C[C@@H](O)CC(=O)O.[CaH2]. The minimum absolute atomic E-state index is 0. The van der Waals surface area contributed by atoms with Crippen LogP contribution in [0.4, 0.5) is 14.5 Å². The van der Waals surface area contributed by atoms with Gasteiger partial charge in [-0.05, 0) is 66.3 Å². The van der Waals surface area contributed by atoms with Gasteiger partial charge in [0.25, 0.3) is 5.91 Å². The first kappa shape index (κ1) is 34.4. The second-order valence-electron chi connectivity index (χ2n) is 10.5. The molecule has 2 atom stereocenters. The Morgan fingerprint density at radius 1 is 0.860 bits per heavy atom. The Morgan fingerprint density at radius 3 is 2.09 bits per heavy atom. The van der Waals surface area contributed by atoms with Gasteiger partial charge in [0, 0.05) is 17.8 Å². The van der Waals surface area contributed by atoms with Crippen molar-refractivity contribution in [1.29, 1.82) is 0 Å². The number of aliphatic hydroxyl groups is 2. The van der Waals surface area contributed by atoms with E-state index in [0.717, 1.165) is 0 Å². The summed E-state index contributed by atoms with van der Waals surface area (Å²) in [6.07, 6.45) is -2.73. The summed E-state index contributed by atoms with van der Waals surface area (Å²) < 4.78 is 30.5. The van der Waals surface area contributed by atoms with Crippen molar-refractivity contribution >= 4 is 55.3 Å². The standard InChI is InChI=1S/C33H34F2N2O5.Ca.2H/c1-20(2)31-30(33(42)36-27-11-7-6-10-26(27)35)29(21-8-4-3-5-9-21)32(22-12-14-23(34)15-13-22)37(31)17-16-24(38)18-25(39)19-28(40)41;;;/h3-15,20,24-25,38-39H,16-19H2,1-2H3,(H,36,42)(H,40,41);;;/t24-,25-;;;/m1.../s1. The number of carboxylic acid groups (broad SMARTS) is 1. The molecule has 0 saturated carbocycles. The van der Waals surface area contributed by atoms with Gasteiger partial charge in [0.05, 0.1) is 35.6 Å². The molecule has 0 spiro atoms. The van der Waals surface area contributed by atoms with Crippen LogP contribution in [0.5, 0.6) is 0 Å². The quantitative estimate of drug-likeness (QED) is 0.156. The van der Waals surface area contributed by atoms with Crippen molar-refractivity contribution in [3.63, 3.8) is 0 Å². The Balaban J connectivity index is 0.00000506. The number of aliphatic carboxylic acids is 1. The Kier molecular flexibility index (Phi) is 12.5. The van der Waals surface area contributed by atoms with Gasteiger partial charge < -0.3 is 25.2 Å². The number of carbonyl (C=O) groups excluding carboxylic acids is 1. The van der Waals surface area contributed by atoms with Gasteiger partial charge in [0.15, 0.2) is 0 Å². The van der Waals surface area contributed by atoms with Gasteiger partial charge in [-0.3, -0.25) is 9.59 Å². The Hall–Kier alpha value is -3.08. The third-order valence-electron chi connectivity index (χ3n) is 7.02. The fourth-order valence-corrected chi connectivity index (χ4v) is 5.24. The molecule has 7 nitrogen and oxygen atoms in total. The molecule has 4 aromatic rings. The molecule has 0 bridgehead atoms. The minimum atomic E-state index is -1.22. The van der Waals surface area contributed by atoms with Gasteiger partial charge in [-0.2, -0.15) is 0 Å². The third-order valence-corrected chi connectivity index (χ3v) is 7.02. The first-order valence-corrected chi connectivity index (χ1v) is 13.8. The van der Waals surface area contributed by atoms with Crippen molar-refractivity contribution in [2.45, 2.75) is 57.8 Å². The number of rotatable bonds is 12. The van der Waals surface area contributed by atoms with Crippen LogP contribution in [-0.4, -0.2) is 81.7 Å². The Bertz CT molecular complexity index is 1540. The summed E-state index contributed by atoms with van der Waals surface area (Å²) in [6, 6.07) is 21.0. The van der Waals surface area contributed by atoms with Crippen LogP contribution >= 0.6 is 0 Å². The fourth-order valence-electron chi connectivity index (χ4n) is 5.24. The second-order valence-corrected chi connectivity index (χ2v) is 10.5. The molecule has 0 aliphatic carbocycles. The van der Waals surface area contributed by atoms with E-state index in [1.807, 2.05) is 48.7 Å². The predicted molar refractivity (Wildman–Crippen MR) is 166 cm³/mol. The zero-order valence-corrected chi connectivity index (χ0v) is 23.4. The van der Waals surface area contributed by atoms with Gasteiger partial charge in [0.1, 0.15) is 11.6 Å². The topological polar surface area (TPSA) is 112 Å². The van der Waals surface area contributed by atoms with E-state index in [-0.39, 0.29) is 68.7 Å². The van der Waals surface area contributed by atoms with E-state index in [1.165, 1.54) is 30.3 Å². The molecule has 1 aromatic heterocycles. The number of hydrogen-bond acceptors (Lipinski definition) is 4. The van der Waals surface area contributed by atoms with Crippen molar-refractivity contribution < 1.29 is 33.7 Å². The van der Waals surface area contributed by atoms with Crippen LogP contribution in [0.3, 0.4) is 0 Å². The number of hydrogen-bond donors (Lipinski definition) is 4. The molecule has 4 rings (SSSR count). The van der Waals surface area contributed by atoms with Gasteiger partial charge in [0.2, 0.25) is 0 Å². The Labute approximate surface area is 279 Å². The summed E-state index contributed by atoms with van der Waals surface area (Å²) in [4.78, 5) is 25.0. The molecule has 43 heavy (non-hydrogen) atoms. The first-order valence-electron chi connectivity index (χ1n) is 13.8. The van der Waals surface area contributed by atoms with Crippen LogP contribution in [0.15, 0.2) is 78.9 Å². The van der Waals surface area contributed by atoms with Crippen molar-refractivity contribution in [3.8, 4) is 22.4 Å². The number of nitrogens with zero attached hydrogens (tertiary/aromatic N) is 1. The van der Waals surface area contributed by atoms with E-state index in [1.54, 1.807) is 18.2 Å². The van der Waals surface area contributed by atoms with Crippen LogP contribution in [0.1, 0.15) is 55.1 Å². The molecule has 0 fully saturated rings. The molecule has 0 aliphatic heterocycles. The number of halogens is 2. The normalized spacial score (nSPS) is 12.4. The maximum absolute atomic E-state index is 14.6. The average molecular weight is 619 g/mol. The number of benzene rings is 3. The van der Waals surface area contributed by atoms with Crippen LogP contribution < -0.4 is 5.32 Å². The van der Waals surface area contributed by atoms with E-state index in [0.29, 0.717) is 33.6 Å². The van der Waals surface area contributed by atoms with Gasteiger partial charge >= 0.3 is 43.7 Å². The number of carbonyl (C=O) groups is 2. The van der Waals surface area contributed by atoms with E-state index in [2.05, 4.69) is 5.32 Å². The summed E-state index contributed by atoms with van der Waals surface area (Å²) in [6.45, 7) is 4.04. The molecular weight excluding hydrogens is 582 g/mol. The molecule has 224 valence electrons. The molecule has 4 N–H and O–H groups in total. The van der Waals surface area contributed by atoms with Crippen LogP contribution in [-0.2, 0) is 11.3 Å². The van der Waals surface area contributed by atoms with Crippen molar-refractivity contribution in [2.24, 2.45) is 0 Å². The second kappa shape index (κ2) is 15.6. The average Bonchev–Trinajstić information content (AvgIpc) is 3.29. The number of nitrogens with one attached hydrogen (secondary N) is 1. The zero-order valence-electron chi connectivity index (χ0n) is 23.4. The van der Waals surface area contributed by atoms with Gasteiger partial charge in [-0.1, -0.05) is 56.3 Å². The molecule has 0 unspecified atom stereocenters. The summed E-state index contributed by atoms with van der Waals surface area (Å²) in [5.41, 5.74) is 3.49. The van der Waals surface area contributed by atoms with Gasteiger partial charge in [-0.25, -0.2) is 8.78 Å². The molecule has 0 saturated heterocycles. The predicted octanol–water partition coefficient (Wildman–Crippen LogP) is 5.54. The molecule has 1 heterocycles. The molecule has 3 aromatic carbocycles. The fraction of sp³-hybridized carbons (Fsp3) is 0.273. The van der Waals surface area contributed by atoms with Crippen molar-refractivity contribution in [3.05, 3.63) is 102 Å². The maximum atomic E-state index is 14.6. The number of aromatic nitrogens is 1. The summed E-state index contributed by atoms with van der Waals surface area (Å²) in [5, 5.41) is 32.4. The molecular formula is C33H36CaF2N2O5. The number of anilines is 1. The van der Waals surface area contributed by atoms with E-state index in [9.17, 15) is 28.6 Å². The monoisotopic (exact) mass is 618 g/mol. The molecule has 1 amide bonds. The van der Waals surface area contributed by atoms with Crippen LogP contribution in [0.25, 0.3) is 22.4 Å². The van der Waals surface area contributed by atoms with Crippen LogP contribution in [0.2, 0.25) is 0 Å². The van der Waals surface area contributed by atoms with E-state index >= 15 is 0 Å². The first-order chi connectivity index (χ1) is 20.1. The molecule has 0 aliphatic rings. The van der Waals surface area contributed by atoms with E-state index in [4.69, 9.17) is 5.11 Å². The number of amides is 1. The van der Waals surface area contributed by atoms with Crippen LogP contribution in [0, 0.1) is 11.6 Å². The number of aliphatic hydroxyl groups excluding tert-OH is 2. The molecule has 10 heteroatoms. The van der Waals surface area contributed by atoms with E-state index < -0.39 is 42.1 Å². The zero-order chi connectivity index (χ0) is 30.4. The van der Waals surface area contributed by atoms with Gasteiger partial charge in [-0.15, -0.1) is 0 Å². The van der Waals surface area contributed by atoms with Crippen molar-refractivity contribution in [1.82, 2.24) is 4.57 Å².